The van der Waals surface area contributed by atoms with Gasteiger partial charge in [0.05, 0.1) is 25.5 Å². The molecule has 0 radical (unpaired) electrons. The van der Waals surface area contributed by atoms with Crippen LogP contribution in [0.5, 0.6) is 0 Å². The molecular weight excluding hydrogens is 358 g/mol. The van der Waals surface area contributed by atoms with Gasteiger partial charge in [-0.15, -0.1) is 4.91 Å². The van der Waals surface area contributed by atoms with Crippen molar-refractivity contribution >= 4 is 23.0 Å². The molecule has 1 N–H and O–H groups in total. The second-order valence-corrected chi connectivity index (χ2v) is 6.18. The van der Waals surface area contributed by atoms with Crippen LogP contribution >= 0.6 is 0 Å². The molecule has 0 aromatic heterocycles. The van der Waals surface area contributed by atoms with Gasteiger partial charge in [0.15, 0.2) is 0 Å². The van der Waals surface area contributed by atoms with E-state index in [0.29, 0.717) is 24.5 Å². The lowest BCUT2D eigenvalue weighted by atomic mass is 10.1. The Kier molecular flexibility index (Phi) is 6.75. The van der Waals surface area contributed by atoms with Gasteiger partial charge in [-0.05, 0) is 30.3 Å². The van der Waals surface area contributed by atoms with Gasteiger partial charge in [-0.25, -0.2) is 4.79 Å². The Balaban J connectivity index is 1.96. The SMILES string of the molecule is CCOC(=O)/C(N=O)=C(\Nc1cccc(N2CCOCC2)c1)c1ccccc1. The normalized spacial score (nSPS) is 14.8. The van der Waals surface area contributed by atoms with Crippen LogP contribution in [0, 0.1) is 4.91 Å². The maximum Gasteiger partial charge on any atom is 0.362 e. The van der Waals surface area contributed by atoms with Crippen molar-refractivity contribution in [1.29, 1.82) is 0 Å². The monoisotopic (exact) mass is 381 g/mol. The van der Waals surface area contributed by atoms with Crippen molar-refractivity contribution in [2.45, 2.75) is 6.92 Å². The van der Waals surface area contributed by atoms with E-state index in [-0.39, 0.29) is 12.3 Å². The maximum absolute atomic E-state index is 12.3. The number of benzene rings is 2. The highest BCUT2D eigenvalue weighted by atomic mass is 16.5. The summed E-state index contributed by atoms with van der Waals surface area (Å²) in [5.74, 6) is -0.756. The van der Waals surface area contributed by atoms with E-state index < -0.39 is 5.97 Å². The Bertz CT molecular complexity index is 846. The van der Waals surface area contributed by atoms with Gasteiger partial charge in [-0.2, -0.15) is 0 Å². The lowest BCUT2D eigenvalue weighted by Crippen LogP contribution is -2.36. The van der Waals surface area contributed by atoms with Crippen LogP contribution in [0.4, 0.5) is 11.4 Å². The Morgan fingerprint density at radius 3 is 2.57 bits per heavy atom. The minimum absolute atomic E-state index is 0.159. The lowest BCUT2D eigenvalue weighted by molar-refractivity contribution is -0.138. The summed E-state index contributed by atoms with van der Waals surface area (Å²) >= 11 is 0. The molecule has 146 valence electrons. The van der Waals surface area contributed by atoms with Crippen LogP contribution in [-0.2, 0) is 14.3 Å². The summed E-state index contributed by atoms with van der Waals surface area (Å²) < 4.78 is 10.4. The number of rotatable bonds is 7. The third-order valence-electron chi connectivity index (χ3n) is 4.35. The third kappa shape index (κ3) is 4.75. The molecule has 1 fully saturated rings. The highest BCUT2D eigenvalue weighted by Gasteiger charge is 2.20. The van der Waals surface area contributed by atoms with Crippen molar-refractivity contribution in [3.8, 4) is 0 Å². The second kappa shape index (κ2) is 9.66. The Morgan fingerprint density at radius 1 is 1.14 bits per heavy atom. The molecule has 0 aliphatic carbocycles. The number of ether oxygens (including phenoxy) is 2. The number of hydrogen-bond acceptors (Lipinski definition) is 7. The van der Waals surface area contributed by atoms with Crippen LogP contribution in [0.25, 0.3) is 5.70 Å². The molecule has 2 aromatic rings. The molecule has 0 atom stereocenters. The first kappa shape index (κ1) is 19.6. The first-order valence-corrected chi connectivity index (χ1v) is 9.23. The van der Waals surface area contributed by atoms with Gasteiger partial charge in [-0.1, -0.05) is 36.4 Å². The summed E-state index contributed by atoms with van der Waals surface area (Å²) in [6, 6.07) is 16.9. The maximum atomic E-state index is 12.3. The van der Waals surface area contributed by atoms with Gasteiger partial charge in [0.1, 0.15) is 0 Å². The van der Waals surface area contributed by atoms with E-state index in [1.807, 2.05) is 42.5 Å². The van der Waals surface area contributed by atoms with Crippen molar-refractivity contribution in [3.05, 3.63) is 70.8 Å². The van der Waals surface area contributed by atoms with Gasteiger partial charge in [0.25, 0.3) is 0 Å². The Labute approximate surface area is 163 Å². The fourth-order valence-corrected chi connectivity index (χ4v) is 3.00. The highest BCUT2D eigenvalue weighted by molar-refractivity contribution is 5.99. The summed E-state index contributed by atoms with van der Waals surface area (Å²) in [6.45, 7) is 4.85. The number of carbonyl (C=O) groups excluding carboxylic acids is 1. The van der Waals surface area contributed by atoms with Gasteiger partial charge in [0.2, 0.25) is 5.70 Å². The van der Waals surface area contributed by atoms with Crippen molar-refractivity contribution in [1.82, 2.24) is 0 Å². The lowest BCUT2D eigenvalue weighted by Gasteiger charge is -2.29. The summed E-state index contributed by atoms with van der Waals surface area (Å²) in [4.78, 5) is 26.0. The molecule has 0 saturated carbocycles. The summed E-state index contributed by atoms with van der Waals surface area (Å²) in [6.07, 6.45) is 0. The van der Waals surface area contributed by atoms with Crippen LogP contribution in [0.3, 0.4) is 0 Å². The van der Waals surface area contributed by atoms with Crippen molar-refractivity contribution in [3.63, 3.8) is 0 Å². The minimum atomic E-state index is -0.756. The number of nitrogens with zero attached hydrogens (tertiary/aromatic N) is 2. The quantitative estimate of drug-likeness (QED) is 0.448. The Morgan fingerprint density at radius 2 is 1.89 bits per heavy atom. The molecule has 2 aromatic carbocycles. The number of anilines is 2. The third-order valence-corrected chi connectivity index (χ3v) is 4.35. The van der Waals surface area contributed by atoms with E-state index in [0.717, 1.165) is 24.5 Å². The van der Waals surface area contributed by atoms with Crippen LogP contribution in [0.15, 0.2) is 65.5 Å². The van der Waals surface area contributed by atoms with E-state index in [9.17, 15) is 9.70 Å². The summed E-state index contributed by atoms with van der Waals surface area (Å²) in [7, 11) is 0. The van der Waals surface area contributed by atoms with Crippen molar-refractivity contribution in [2.24, 2.45) is 5.18 Å². The molecular formula is C21H23N3O4. The molecule has 1 aliphatic heterocycles. The van der Waals surface area contributed by atoms with Gasteiger partial charge < -0.3 is 19.7 Å². The molecule has 28 heavy (non-hydrogen) atoms. The zero-order chi connectivity index (χ0) is 19.8. The van der Waals surface area contributed by atoms with E-state index in [1.54, 1.807) is 19.1 Å². The van der Waals surface area contributed by atoms with E-state index >= 15 is 0 Å². The number of hydrogen-bond donors (Lipinski definition) is 1. The molecule has 0 unspecified atom stereocenters. The molecule has 0 amide bonds. The molecule has 1 aliphatic rings. The summed E-state index contributed by atoms with van der Waals surface area (Å²) in [5, 5.41) is 6.15. The van der Waals surface area contributed by atoms with Gasteiger partial charge in [0, 0.05) is 30.0 Å². The van der Waals surface area contributed by atoms with Gasteiger partial charge >= 0.3 is 5.97 Å². The number of nitrogens with one attached hydrogen (secondary N) is 1. The first-order valence-electron chi connectivity index (χ1n) is 9.23. The summed E-state index contributed by atoms with van der Waals surface area (Å²) in [5.41, 5.74) is 2.48. The predicted molar refractivity (Wildman–Crippen MR) is 109 cm³/mol. The fraction of sp³-hybridized carbons (Fsp3) is 0.286. The number of carbonyl (C=O) groups is 1. The van der Waals surface area contributed by atoms with Crippen LogP contribution in [0.1, 0.15) is 12.5 Å². The predicted octanol–water partition coefficient (Wildman–Crippen LogP) is 3.63. The van der Waals surface area contributed by atoms with Crippen LogP contribution in [0.2, 0.25) is 0 Å². The Hall–Kier alpha value is -3.19. The molecule has 7 nitrogen and oxygen atoms in total. The fourth-order valence-electron chi connectivity index (χ4n) is 3.00. The molecule has 0 spiro atoms. The second-order valence-electron chi connectivity index (χ2n) is 6.18. The van der Waals surface area contributed by atoms with Crippen molar-refractivity contribution < 1.29 is 14.3 Å². The largest absolute Gasteiger partial charge is 0.461 e. The molecule has 7 heteroatoms. The highest BCUT2D eigenvalue weighted by Crippen LogP contribution is 2.26. The van der Waals surface area contributed by atoms with Crippen LogP contribution < -0.4 is 10.2 Å². The first-order chi connectivity index (χ1) is 13.7. The van der Waals surface area contributed by atoms with E-state index in [2.05, 4.69) is 15.4 Å². The number of morpholine rings is 1. The average Bonchev–Trinajstić information content (AvgIpc) is 2.75. The zero-order valence-electron chi connectivity index (χ0n) is 15.8. The topological polar surface area (TPSA) is 80.2 Å². The minimum Gasteiger partial charge on any atom is -0.461 e. The number of esters is 1. The molecule has 1 saturated heterocycles. The average molecular weight is 381 g/mol. The zero-order valence-corrected chi connectivity index (χ0v) is 15.8. The number of nitroso groups, excluding NO2 is 1. The molecule has 1 heterocycles. The van der Waals surface area contributed by atoms with Gasteiger partial charge in [-0.3, -0.25) is 0 Å². The van der Waals surface area contributed by atoms with E-state index in [4.69, 9.17) is 9.47 Å². The van der Waals surface area contributed by atoms with Crippen LogP contribution in [-0.4, -0.2) is 38.9 Å². The molecule has 3 rings (SSSR count). The van der Waals surface area contributed by atoms with E-state index in [1.165, 1.54) is 0 Å². The van der Waals surface area contributed by atoms with Crippen molar-refractivity contribution in [2.75, 3.05) is 43.1 Å². The standard InChI is InChI=1S/C21H23N3O4/c1-2-28-21(25)20(23-26)19(16-7-4-3-5-8-16)22-17-9-6-10-18(15-17)24-11-13-27-14-12-24/h3-10,15,22H,2,11-14H2,1H3/b20-19+. The molecule has 0 bridgehead atoms. The smallest absolute Gasteiger partial charge is 0.362 e.